The number of hydrogen-bond acceptors (Lipinski definition) is 1. The van der Waals surface area contributed by atoms with Gasteiger partial charge in [-0.2, -0.15) is 0 Å². The maximum Gasteiger partial charge on any atom is 0.0416 e. The summed E-state index contributed by atoms with van der Waals surface area (Å²) < 4.78 is 0. The van der Waals surface area contributed by atoms with Crippen LogP contribution in [-0.2, 0) is 0 Å². The van der Waals surface area contributed by atoms with Crippen molar-refractivity contribution in [3.8, 4) is 0 Å². The van der Waals surface area contributed by atoms with Crippen LogP contribution in [0.4, 0.5) is 0 Å². The molecule has 0 bridgehead atoms. The van der Waals surface area contributed by atoms with Gasteiger partial charge in [-0.3, -0.25) is 0 Å². The maximum atomic E-state index is 3.89. The maximum absolute atomic E-state index is 3.89. The molecule has 0 fully saturated rings. The van der Waals surface area contributed by atoms with Crippen molar-refractivity contribution < 1.29 is 0 Å². The summed E-state index contributed by atoms with van der Waals surface area (Å²) in [5.41, 5.74) is 3.77. The molecule has 0 spiro atoms. The van der Waals surface area contributed by atoms with Gasteiger partial charge in [0.2, 0.25) is 0 Å². The third-order valence-corrected chi connectivity index (χ3v) is 2.50. The standard InChI is InChI=1S/C18H25N.C5H12.C2H6/c1-6-11-14-16(9-4)18(13-8-3)19-17(10-5)15-12-7-2;1-5(2,3)4;1-2/h6-13,15,19H,2,4,14H2,1,3,5H3;1-4H3;1-2H3/b11-6-,13-8-,15-12-,17-10+,18-16+;;. The summed E-state index contributed by atoms with van der Waals surface area (Å²) in [4.78, 5) is 0. The quantitative estimate of drug-likeness (QED) is 0.340. The highest BCUT2D eigenvalue weighted by Gasteiger charge is 2.00. The lowest BCUT2D eigenvalue weighted by Crippen LogP contribution is -2.11. The van der Waals surface area contributed by atoms with Crippen molar-refractivity contribution in [3.05, 3.63) is 84.8 Å². The van der Waals surface area contributed by atoms with E-state index >= 15 is 0 Å². The van der Waals surface area contributed by atoms with Crippen molar-refractivity contribution in [2.24, 2.45) is 5.41 Å². The van der Waals surface area contributed by atoms with Crippen LogP contribution in [0.5, 0.6) is 0 Å². The van der Waals surface area contributed by atoms with Crippen LogP contribution in [0.1, 0.15) is 68.7 Å². The second-order valence-corrected chi connectivity index (χ2v) is 6.88. The third kappa shape index (κ3) is 22.0. The van der Waals surface area contributed by atoms with Gasteiger partial charge < -0.3 is 5.32 Å². The van der Waals surface area contributed by atoms with Crippen molar-refractivity contribution in [1.82, 2.24) is 5.32 Å². The summed E-state index contributed by atoms with van der Waals surface area (Å²) in [5, 5.41) is 3.41. The van der Waals surface area contributed by atoms with Gasteiger partial charge in [0.25, 0.3) is 0 Å². The molecule has 0 aliphatic rings. The molecule has 0 aliphatic heterocycles. The van der Waals surface area contributed by atoms with Crippen LogP contribution in [0.15, 0.2) is 84.8 Å². The van der Waals surface area contributed by atoms with Crippen LogP contribution in [0.2, 0.25) is 0 Å². The number of allylic oxidation sites excluding steroid dienone is 10. The molecule has 1 nitrogen and oxygen atoms in total. The molecule has 0 saturated carbocycles. The second-order valence-electron chi connectivity index (χ2n) is 6.88. The molecular formula is C25H43N. The minimum Gasteiger partial charge on any atom is -0.356 e. The Labute approximate surface area is 164 Å². The van der Waals surface area contributed by atoms with Crippen LogP contribution in [0.3, 0.4) is 0 Å². The van der Waals surface area contributed by atoms with Crippen LogP contribution in [-0.4, -0.2) is 0 Å². The predicted octanol–water partition coefficient (Wildman–Crippen LogP) is 8.28. The van der Waals surface area contributed by atoms with Gasteiger partial charge in [0.05, 0.1) is 0 Å². The molecule has 0 radical (unpaired) electrons. The molecule has 0 aromatic heterocycles. The van der Waals surface area contributed by atoms with Crippen molar-refractivity contribution in [3.63, 3.8) is 0 Å². The van der Waals surface area contributed by atoms with Crippen LogP contribution < -0.4 is 5.32 Å². The fraction of sp³-hybridized carbons (Fsp3) is 0.440. The monoisotopic (exact) mass is 357 g/mol. The van der Waals surface area contributed by atoms with Crippen molar-refractivity contribution in [2.45, 2.75) is 68.7 Å². The molecule has 0 aromatic carbocycles. The van der Waals surface area contributed by atoms with E-state index in [0.29, 0.717) is 5.41 Å². The SMILES string of the molecule is C=C/C=C\C(=C/C)NC(/C=C\C)=C(\C=C)C/C=C\C.CC.CC(C)(C)C. The minimum absolute atomic E-state index is 0.500. The first-order valence-corrected chi connectivity index (χ1v) is 9.55. The Hall–Kier alpha value is -2.02. The summed E-state index contributed by atoms with van der Waals surface area (Å²) in [5.74, 6) is 0. The topological polar surface area (TPSA) is 12.0 Å². The van der Waals surface area contributed by atoms with Gasteiger partial charge in [-0.1, -0.05) is 97.2 Å². The highest BCUT2D eigenvalue weighted by Crippen LogP contribution is 2.13. The van der Waals surface area contributed by atoms with Gasteiger partial charge in [-0.05, 0) is 50.3 Å². The smallest absolute Gasteiger partial charge is 0.0416 e. The molecule has 0 atom stereocenters. The lowest BCUT2D eigenvalue weighted by Gasteiger charge is -2.12. The fourth-order valence-electron chi connectivity index (χ4n) is 1.48. The second kappa shape index (κ2) is 19.3. The Kier molecular flexibility index (Phi) is 21.4. The molecule has 0 rings (SSSR count). The van der Waals surface area contributed by atoms with E-state index in [0.717, 1.165) is 17.8 Å². The largest absolute Gasteiger partial charge is 0.356 e. The van der Waals surface area contributed by atoms with E-state index in [9.17, 15) is 0 Å². The van der Waals surface area contributed by atoms with E-state index in [4.69, 9.17) is 0 Å². The van der Waals surface area contributed by atoms with Gasteiger partial charge in [0.15, 0.2) is 0 Å². The molecule has 0 unspecified atom stereocenters. The van der Waals surface area contributed by atoms with Gasteiger partial charge in [-0.25, -0.2) is 0 Å². The third-order valence-electron chi connectivity index (χ3n) is 2.50. The van der Waals surface area contributed by atoms with E-state index in [1.807, 2.05) is 71.1 Å². The average molecular weight is 358 g/mol. The predicted molar refractivity (Wildman–Crippen MR) is 124 cm³/mol. The molecule has 148 valence electrons. The minimum atomic E-state index is 0.500. The molecule has 0 heterocycles. The van der Waals surface area contributed by atoms with E-state index in [2.05, 4.69) is 58.3 Å². The Morgan fingerprint density at radius 3 is 1.81 bits per heavy atom. The first kappa shape index (κ1) is 28.8. The zero-order chi connectivity index (χ0) is 21.0. The molecule has 0 amide bonds. The van der Waals surface area contributed by atoms with E-state index < -0.39 is 0 Å². The summed E-state index contributed by atoms with van der Waals surface area (Å²) >= 11 is 0. The Morgan fingerprint density at radius 2 is 1.46 bits per heavy atom. The zero-order valence-corrected chi connectivity index (χ0v) is 18.8. The first-order chi connectivity index (χ1) is 12.2. The van der Waals surface area contributed by atoms with Crippen LogP contribution in [0.25, 0.3) is 0 Å². The van der Waals surface area contributed by atoms with Gasteiger partial charge in [0, 0.05) is 11.4 Å². The highest BCUT2D eigenvalue weighted by molar-refractivity contribution is 5.37. The molecule has 0 saturated heterocycles. The average Bonchev–Trinajstić information content (AvgIpc) is 2.59. The van der Waals surface area contributed by atoms with Crippen molar-refractivity contribution in [2.75, 3.05) is 0 Å². The number of hydrogen-bond donors (Lipinski definition) is 1. The van der Waals surface area contributed by atoms with Crippen LogP contribution >= 0.6 is 0 Å². The lowest BCUT2D eigenvalue weighted by atomic mass is 10.0. The zero-order valence-electron chi connectivity index (χ0n) is 18.8. The fourth-order valence-corrected chi connectivity index (χ4v) is 1.48. The van der Waals surface area contributed by atoms with E-state index in [1.165, 1.54) is 5.57 Å². The molecule has 26 heavy (non-hydrogen) atoms. The Balaban J connectivity index is -0.000000645. The Bertz CT molecular complexity index is 497. The molecule has 1 N–H and O–H groups in total. The van der Waals surface area contributed by atoms with E-state index in [-0.39, 0.29) is 0 Å². The molecular weight excluding hydrogens is 314 g/mol. The highest BCUT2D eigenvalue weighted by atomic mass is 14.9. The number of rotatable bonds is 8. The molecule has 0 aliphatic carbocycles. The molecule has 0 aromatic rings. The Morgan fingerprint density at radius 1 is 0.923 bits per heavy atom. The number of nitrogens with one attached hydrogen (secondary N) is 1. The summed E-state index contributed by atoms with van der Waals surface area (Å²) in [6.07, 6.45) is 18.7. The van der Waals surface area contributed by atoms with Gasteiger partial charge >= 0.3 is 0 Å². The van der Waals surface area contributed by atoms with Gasteiger partial charge in [0.1, 0.15) is 0 Å². The normalized spacial score (nSPS) is 12.9. The summed E-state index contributed by atoms with van der Waals surface area (Å²) in [6.45, 7) is 26.4. The van der Waals surface area contributed by atoms with Crippen LogP contribution in [0, 0.1) is 5.41 Å². The van der Waals surface area contributed by atoms with Gasteiger partial charge in [-0.15, -0.1) is 0 Å². The first-order valence-electron chi connectivity index (χ1n) is 9.55. The van der Waals surface area contributed by atoms with E-state index in [1.54, 1.807) is 6.08 Å². The van der Waals surface area contributed by atoms with Crippen molar-refractivity contribution in [1.29, 1.82) is 0 Å². The molecule has 1 heteroatoms. The summed E-state index contributed by atoms with van der Waals surface area (Å²) in [7, 11) is 0. The lowest BCUT2D eigenvalue weighted by molar-refractivity contribution is 0.469. The summed E-state index contributed by atoms with van der Waals surface area (Å²) in [6, 6.07) is 0. The van der Waals surface area contributed by atoms with Crippen molar-refractivity contribution >= 4 is 0 Å².